The summed E-state index contributed by atoms with van der Waals surface area (Å²) in [4.78, 5) is 0. The monoisotopic (exact) mass is 621 g/mol. The molecule has 0 spiro atoms. The normalized spacial score (nSPS) is 11.2. The summed E-state index contributed by atoms with van der Waals surface area (Å²) in [5.74, 6) is 4.44. The molecule has 4 nitrogen and oxygen atoms in total. The summed E-state index contributed by atoms with van der Waals surface area (Å²) in [6.45, 7) is 1.98. The van der Waals surface area contributed by atoms with Crippen LogP contribution in [0.1, 0.15) is 135 Å². The first-order valence-electron chi connectivity index (χ1n) is 16.2. The second-order valence-corrected chi connectivity index (χ2v) is 12.0. The van der Waals surface area contributed by atoms with Crippen LogP contribution in [0.15, 0.2) is 12.1 Å². The van der Waals surface area contributed by atoms with Crippen LogP contribution in [0.3, 0.4) is 0 Å². The molecule has 2 N–H and O–H groups in total. The van der Waals surface area contributed by atoms with Crippen LogP contribution in [0.4, 0.5) is 5.69 Å². The number of ether oxygens (including phenoxy) is 3. The van der Waals surface area contributed by atoms with Crippen molar-refractivity contribution in [2.45, 2.75) is 135 Å². The molecule has 7 heteroatoms. The Morgan fingerprint density at radius 3 is 1.00 bits per heavy atom. The van der Waals surface area contributed by atoms with Gasteiger partial charge < -0.3 is 19.9 Å². The molecule has 1 aromatic rings. The second kappa shape index (κ2) is 28.4. The van der Waals surface area contributed by atoms with Crippen molar-refractivity contribution in [2.75, 3.05) is 43.2 Å². The molecule has 0 heterocycles. The minimum Gasteiger partial charge on any atom is -0.489 e. The van der Waals surface area contributed by atoms with E-state index in [0.29, 0.717) is 42.8 Å². The fourth-order valence-electron chi connectivity index (χ4n) is 4.73. The standard InChI is InChI=1S/C33H58Cl3NO3/c34-22-16-10-4-1-7-13-19-25-38-31-28-30(37)29-32(39-26-20-14-8-2-5-11-17-23-35)33(31)40-27-21-15-9-3-6-12-18-24-36/h28-29H,1-27,37H2. The Morgan fingerprint density at radius 2 is 0.675 bits per heavy atom. The fourth-order valence-corrected chi connectivity index (χ4v) is 5.30. The van der Waals surface area contributed by atoms with E-state index in [1.807, 2.05) is 12.1 Å². The van der Waals surface area contributed by atoms with Crippen LogP contribution in [0.2, 0.25) is 0 Å². The summed E-state index contributed by atoms with van der Waals surface area (Å²) < 4.78 is 18.7. The maximum Gasteiger partial charge on any atom is 0.203 e. The van der Waals surface area contributed by atoms with Gasteiger partial charge in [-0.05, 0) is 38.5 Å². The van der Waals surface area contributed by atoms with Gasteiger partial charge in [-0.25, -0.2) is 0 Å². The van der Waals surface area contributed by atoms with E-state index < -0.39 is 0 Å². The molecule has 0 aliphatic heterocycles. The molecule has 0 aliphatic rings. The van der Waals surface area contributed by atoms with Crippen LogP contribution in [0.5, 0.6) is 17.2 Å². The molecule has 1 aromatic carbocycles. The zero-order chi connectivity index (χ0) is 28.9. The zero-order valence-corrected chi connectivity index (χ0v) is 27.5. The van der Waals surface area contributed by atoms with Crippen LogP contribution in [-0.4, -0.2) is 37.5 Å². The van der Waals surface area contributed by atoms with Crippen molar-refractivity contribution in [3.63, 3.8) is 0 Å². The van der Waals surface area contributed by atoms with Crippen molar-refractivity contribution < 1.29 is 14.2 Å². The number of benzene rings is 1. The van der Waals surface area contributed by atoms with Gasteiger partial charge in [0.25, 0.3) is 0 Å². The van der Waals surface area contributed by atoms with Gasteiger partial charge in [0.2, 0.25) is 5.75 Å². The zero-order valence-electron chi connectivity index (χ0n) is 25.2. The summed E-state index contributed by atoms with van der Waals surface area (Å²) in [6, 6.07) is 3.76. The van der Waals surface area contributed by atoms with Gasteiger partial charge in [0.15, 0.2) is 11.5 Å². The van der Waals surface area contributed by atoms with E-state index in [0.717, 1.165) is 62.6 Å². The smallest absolute Gasteiger partial charge is 0.203 e. The fraction of sp³-hybridized carbons (Fsp3) is 0.818. The molecule has 0 bridgehead atoms. The first-order chi connectivity index (χ1) is 19.7. The average molecular weight is 623 g/mol. The highest BCUT2D eigenvalue weighted by molar-refractivity contribution is 6.18. The minimum atomic E-state index is 0.646. The second-order valence-electron chi connectivity index (χ2n) is 10.9. The number of rotatable bonds is 30. The molecule has 0 aromatic heterocycles. The quantitative estimate of drug-likeness (QED) is 0.0527. The number of unbranched alkanes of at least 4 members (excludes halogenated alkanes) is 18. The van der Waals surface area contributed by atoms with Gasteiger partial charge in [-0.1, -0.05) is 96.3 Å². The van der Waals surface area contributed by atoms with Crippen molar-refractivity contribution in [2.24, 2.45) is 0 Å². The summed E-state index contributed by atoms with van der Waals surface area (Å²) >= 11 is 17.3. The molecular weight excluding hydrogens is 565 g/mol. The Hall–Kier alpha value is -0.710. The molecule has 0 radical (unpaired) electrons. The maximum absolute atomic E-state index is 6.29. The lowest BCUT2D eigenvalue weighted by Crippen LogP contribution is -2.07. The molecule has 1 rings (SSSR count). The molecule has 0 saturated heterocycles. The third-order valence-electron chi connectivity index (χ3n) is 7.14. The average Bonchev–Trinajstić information content (AvgIpc) is 2.95. The molecule has 0 unspecified atom stereocenters. The van der Waals surface area contributed by atoms with Gasteiger partial charge in [0.05, 0.1) is 19.8 Å². The summed E-state index contributed by atoms with van der Waals surface area (Å²) in [7, 11) is 0. The van der Waals surface area contributed by atoms with Crippen molar-refractivity contribution in [3.8, 4) is 17.2 Å². The van der Waals surface area contributed by atoms with E-state index >= 15 is 0 Å². The van der Waals surface area contributed by atoms with Gasteiger partial charge >= 0.3 is 0 Å². The minimum absolute atomic E-state index is 0.646. The lowest BCUT2D eigenvalue weighted by molar-refractivity contribution is 0.234. The van der Waals surface area contributed by atoms with Crippen molar-refractivity contribution in [1.29, 1.82) is 0 Å². The van der Waals surface area contributed by atoms with Gasteiger partial charge in [-0.3, -0.25) is 0 Å². The topological polar surface area (TPSA) is 53.7 Å². The Morgan fingerprint density at radius 1 is 0.400 bits per heavy atom. The molecular formula is C33H58Cl3NO3. The van der Waals surface area contributed by atoms with Crippen LogP contribution in [-0.2, 0) is 0 Å². The maximum atomic E-state index is 6.29. The molecule has 40 heavy (non-hydrogen) atoms. The third-order valence-corrected chi connectivity index (χ3v) is 7.94. The van der Waals surface area contributed by atoms with E-state index in [1.165, 1.54) is 89.9 Å². The van der Waals surface area contributed by atoms with Crippen LogP contribution < -0.4 is 19.9 Å². The number of halogens is 3. The Balaban J connectivity index is 2.53. The number of anilines is 1. The molecule has 0 saturated carbocycles. The number of alkyl halides is 3. The van der Waals surface area contributed by atoms with Gasteiger partial charge in [-0.15, -0.1) is 34.8 Å². The number of hydrogen-bond donors (Lipinski definition) is 1. The number of nitrogen functional groups attached to an aromatic ring is 1. The molecule has 0 aliphatic carbocycles. The Kier molecular flexibility index (Phi) is 26.5. The molecule has 0 atom stereocenters. The Labute approximate surface area is 261 Å². The van der Waals surface area contributed by atoms with Crippen molar-refractivity contribution in [3.05, 3.63) is 12.1 Å². The lowest BCUT2D eigenvalue weighted by Gasteiger charge is -2.18. The molecule has 234 valence electrons. The number of nitrogens with two attached hydrogens (primary N) is 1. The highest BCUT2D eigenvalue weighted by atomic mass is 35.5. The van der Waals surface area contributed by atoms with Crippen molar-refractivity contribution >= 4 is 40.5 Å². The highest BCUT2D eigenvalue weighted by Gasteiger charge is 2.15. The van der Waals surface area contributed by atoms with E-state index in [2.05, 4.69) is 0 Å². The van der Waals surface area contributed by atoms with Crippen LogP contribution in [0, 0.1) is 0 Å². The van der Waals surface area contributed by atoms with E-state index in [4.69, 9.17) is 54.7 Å². The summed E-state index contributed by atoms with van der Waals surface area (Å²) in [5, 5.41) is 0. The Bertz CT molecular complexity index is 650. The first-order valence-corrected chi connectivity index (χ1v) is 17.8. The van der Waals surface area contributed by atoms with Gasteiger partial charge in [0.1, 0.15) is 0 Å². The van der Waals surface area contributed by atoms with Gasteiger partial charge in [-0.2, -0.15) is 0 Å². The molecule has 0 fully saturated rings. The summed E-state index contributed by atoms with van der Waals surface area (Å²) in [6.07, 6.45) is 24.9. The van der Waals surface area contributed by atoms with E-state index in [9.17, 15) is 0 Å². The van der Waals surface area contributed by atoms with Crippen molar-refractivity contribution in [1.82, 2.24) is 0 Å². The van der Waals surface area contributed by atoms with E-state index in [1.54, 1.807) is 0 Å². The van der Waals surface area contributed by atoms with E-state index in [-0.39, 0.29) is 0 Å². The number of hydrogen-bond acceptors (Lipinski definition) is 4. The third kappa shape index (κ3) is 21.1. The van der Waals surface area contributed by atoms with Gasteiger partial charge in [0, 0.05) is 35.5 Å². The first kappa shape index (κ1) is 37.3. The molecule has 0 amide bonds. The van der Waals surface area contributed by atoms with Crippen LogP contribution in [0.25, 0.3) is 0 Å². The predicted molar refractivity (Wildman–Crippen MR) is 176 cm³/mol. The SMILES string of the molecule is Nc1cc(OCCCCCCCCCCl)c(OCCCCCCCCCCl)c(OCCCCCCCCCCl)c1. The lowest BCUT2D eigenvalue weighted by atomic mass is 10.1. The predicted octanol–water partition coefficient (Wildman–Crippen LogP) is 11.3. The largest absolute Gasteiger partial charge is 0.489 e. The highest BCUT2D eigenvalue weighted by Crippen LogP contribution is 2.40. The summed E-state index contributed by atoms with van der Waals surface area (Å²) in [5.41, 5.74) is 6.90. The van der Waals surface area contributed by atoms with Crippen LogP contribution >= 0.6 is 34.8 Å².